The number of H-pyrrole nitrogens is 1. The van der Waals surface area contributed by atoms with E-state index in [0.29, 0.717) is 10.2 Å². The molecule has 6 nitrogen and oxygen atoms in total. The number of carboxylic acid groups (broad SMARTS) is 1. The van der Waals surface area contributed by atoms with Crippen LogP contribution in [-0.4, -0.2) is 28.1 Å². The topological polar surface area (TPSA) is 95.1 Å². The highest BCUT2D eigenvalue weighted by atomic mass is 32.1. The van der Waals surface area contributed by atoms with E-state index in [1.54, 1.807) is 0 Å². The molecule has 0 unspecified atom stereocenters. The third kappa shape index (κ3) is 3.78. The Morgan fingerprint density at radius 2 is 2.08 bits per heavy atom. The molecule has 2 aromatic heterocycles. The molecule has 0 saturated carbocycles. The SMILES string of the molecule is CNCc1ccccc1.O=C(O)c1nc2sc3c(c2c(=O)[nH]1)CCC3. The van der Waals surface area contributed by atoms with Crippen LogP contribution in [0.3, 0.4) is 0 Å². The van der Waals surface area contributed by atoms with E-state index in [2.05, 4.69) is 27.4 Å². The van der Waals surface area contributed by atoms with Gasteiger partial charge in [-0.3, -0.25) is 4.79 Å². The van der Waals surface area contributed by atoms with Crippen LogP contribution < -0.4 is 10.9 Å². The van der Waals surface area contributed by atoms with Gasteiger partial charge in [0, 0.05) is 11.4 Å². The van der Waals surface area contributed by atoms with Gasteiger partial charge in [0.2, 0.25) is 5.82 Å². The molecule has 25 heavy (non-hydrogen) atoms. The Balaban J connectivity index is 0.000000173. The second-order valence-electron chi connectivity index (χ2n) is 5.77. The fourth-order valence-electron chi connectivity index (χ4n) is 2.90. The predicted molar refractivity (Wildman–Crippen MR) is 98.4 cm³/mol. The molecular formula is C18H19N3O3S. The minimum absolute atomic E-state index is 0.280. The van der Waals surface area contributed by atoms with Crippen molar-refractivity contribution in [2.45, 2.75) is 25.8 Å². The van der Waals surface area contributed by atoms with Gasteiger partial charge in [-0.15, -0.1) is 11.3 Å². The van der Waals surface area contributed by atoms with Gasteiger partial charge in [-0.2, -0.15) is 0 Å². The summed E-state index contributed by atoms with van der Waals surface area (Å²) in [5.41, 5.74) is 2.06. The Morgan fingerprint density at radius 3 is 2.76 bits per heavy atom. The number of hydrogen-bond acceptors (Lipinski definition) is 5. The molecule has 1 aromatic carbocycles. The summed E-state index contributed by atoms with van der Waals surface area (Å²) in [6.07, 6.45) is 2.93. The summed E-state index contributed by atoms with van der Waals surface area (Å²) in [7, 11) is 1.95. The van der Waals surface area contributed by atoms with E-state index in [1.165, 1.54) is 21.8 Å². The monoisotopic (exact) mass is 357 g/mol. The number of benzene rings is 1. The van der Waals surface area contributed by atoms with Crippen LogP contribution in [0, 0.1) is 0 Å². The highest BCUT2D eigenvalue weighted by Crippen LogP contribution is 2.34. The average Bonchev–Trinajstić information content (AvgIpc) is 3.17. The number of carboxylic acids is 1. The van der Waals surface area contributed by atoms with Crippen LogP contribution in [0.1, 0.15) is 33.0 Å². The lowest BCUT2D eigenvalue weighted by Gasteiger charge is -1.95. The molecule has 130 valence electrons. The lowest BCUT2D eigenvalue weighted by atomic mass is 10.2. The molecule has 0 bridgehead atoms. The molecule has 0 fully saturated rings. The number of thiophene rings is 1. The number of aromatic carboxylic acids is 1. The van der Waals surface area contributed by atoms with Crippen molar-refractivity contribution in [3.05, 3.63) is 62.5 Å². The van der Waals surface area contributed by atoms with E-state index in [9.17, 15) is 9.59 Å². The summed E-state index contributed by atoms with van der Waals surface area (Å²) in [4.78, 5) is 30.5. The van der Waals surface area contributed by atoms with Crippen molar-refractivity contribution in [1.82, 2.24) is 15.3 Å². The standard InChI is InChI=1S/C10H8N2O3S.C8H11N/c13-8-6-4-2-1-3-5(4)16-9(6)12-7(11-8)10(14)15;1-9-7-8-5-3-2-4-6-8/h1-3H2,(H,14,15)(H,11,12,13);2-6,9H,7H2,1H3. The fraction of sp³-hybridized carbons (Fsp3) is 0.278. The molecule has 3 aromatic rings. The van der Waals surface area contributed by atoms with E-state index in [1.807, 2.05) is 25.2 Å². The number of nitrogens with one attached hydrogen (secondary N) is 2. The lowest BCUT2D eigenvalue weighted by molar-refractivity contribution is 0.0683. The zero-order valence-corrected chi connectivity index (χ0v) is 14.7. The Morgan fingerprint density at radius 1 is 1.32 bits per heavy atom. The van der Waals surface area contributed by atoms with Crippen molar-refractivity contribution in [2.24, 2.45) is 0 Å². The Labute approximate surface area is 148 Å². The van der Waals surface area contributed by atoms with Crippen molar-refractivity contribution in [1.29, 1.82) is 0 Å². The van der Waals surface area contributed by atoms with Gasteiger partial charge < -0.3 is 15.4 Å². The van der Waals surface area contributed by atoms with Crippen molar-refractivity contribution in [3.8, 4) is 0 Å². The third-order valence-corrected chi connectivity index (χ3v) is 5.19. The first-order chi connectivity index (χ1) is 12.1. The summed E-state index contributed by atoms with van der Waals surface area (Å²) in [5.74, 6) is -1.48. The number of aryl methyl sites for hydroxylation is 2. The molecule has 4 rings (SSSR count). The molecule has 0 amide bonds. The minimum Gasteiger partial charge on any atom is -0.475 e. The molecule has 0 atom stereocenters. The van der Waals surface area contributed by atoms with Crippen LogP contribution in [0.25, 0.3) is 10.2 Å². The van der Waals surface area contributed by atoms with E-state index >= 15 is 0 Å². The van der Waals surface area contributed by atoms with E-state index in [4.69, 9.17) is 5.11 Å². The molecule has 0 spiro atoms. The number of aromatic amines is 1. The fourth-order valence-corrected chi connectivity index (χ4v) is 4.17. The van der Waals surface area contributed by atoms with Crippen molar-refractivity contribution in [3.63, 3.8) is 0 Å². The summed E-state index contributed by atoms with van der Waals surface area (Å²) in [6, 6.07) is 10.3. The van der Waals surface area contributed by atoms with Gasteiger partial charge in [-0.1, -0.05) is 30.3 Å². The molecular weight excluding hydrogens is 338 g/mol. The second-order valence-corrected chi connectivity index (χ2v) is 6.86. The Kier molecular flexibility index (Phi) is 5.25. The van der Waals surface area contributed by atoms with Crippen molar-refractivity contribution < 1.29 is 9.90 Å². The van der Waals surface area contributed by atoms with Gasteiger partial charge in [0.25, 0.3) is 5.56 Å². The molecule has 1 aliphatic rings. The van der Waals surface area contributed by atoms with Crippen LogP contribution in [0.2, 0.25) is 0 Å². The van der Waals surface area contributed by atoms with Crippen molar-refractivity contribution >= 4 is 27.5 Å². The number of hydrogen-bond donors (Lipinski definition) is 3. The van der Waals surface area contributed by atoms with Crippen LogP contribution >= 0.6 is 11.3 Å². The van der Waals surface area contributed by atoms with Gasteiger partial charge in [0.1, 0.15) is 4.83 Å². The van der Waals surface area contributed by atoms with Crippen LogP contribution in [0.5, 0.6) is 0 Å². The van der Waals surface area contributed by atoms with Gasteiger partial charge in [0.15, 0.2) is 0 Å². The predicted octanol–water partition coefficient (Wildman–Crippen LogP) is 2.58. The van der Waals surface area contributed by atoms with Gasteiger partial charge >= 0.3 is 5.97 Å². The molecule has 0 saturated heterocycles. The summed E-state index contributed by atoms with van der Waals surface area (Å²) < 4.78 is 0. The first-order valence-corrected chi connectivity index (χ1v) is 8.88. The Hall–Kier alpha value is -2.51. The van der Waals surface area contributed by atoms with Gasteiger partial charge in [0.05, 0.1) is 5.39 Å². The third-order valence-electron chi connectivity index (χ3n) is 4.00. The highest BCUT2D eigenvalue weighted by Gasteiger charge is 2.21. The highest BCUT2D eigenvalue weighted by molar-refractivity contribution is 7.18. The van der Waals surface area contributed by atoms with Crippen LogP contribution in [-0.2, 0) is 19.4 Å². The normalized spacial score (nSPS) is 12.5. The molecule has 3 N–H and O–H groups in total. The van der Waals surface area contributed by atoms with E-state index < -0.39 is 5.97 Å². The van der Waals surface area contributed by atoms with E-state index in [0.717, 1.165) is 31.4 Å². The van der Waals surface area contributed by atoms with Crippen molar-refractivity contribution in [2.75, 3.05) is 7.05 Å². The second kappa shape index (κ2) is 7.58. The van der Waals surface area contributed by atoms with Gasteiger partial charge in [-0.05, 0) is 37.4 Å². The minimum atomic E-state index is -1.20. The smallest absolute Gasteiger partial charge is 0.372 e. The molecule has 7 heteroatoms. The molecule has 0 radical (unpaired) electrons. The van der Waals surface area contributed by atoms with Crippen LogP contribution in [0.4, 0.5) is 0 Å². The number of aromatic nitrogens is 2. The average molecular weight is 357 g/mol. The largest absolute Gasteiger partial charge is 0.475 e. The number of nitrogens with zero attached hydrogens (tertiary/aromatic N) is 1. The molecule has 1 aliphatic carbocycles. The lowest BCUT2D eigenvalue weighted by Crippen LogP contribution is -2.15. The summed E-state index contributed by atoms with van der Waals surface area (Å²) >= 11 is 1.44. The number of carbonyl (C=O) groups is 1. The quantitative estimate of drug-likeness (QED) is 0.670. The maximum Gasteiger partial charge on any atom is 0.372 e. The summed E-state index contributed by atoms with van der Waals surface area (Å²) in [6.45, 7) is 0.959. The number of rotatable bonds is 3. The van der Waals surface area contributed by atoms with Gasteiger partial charge in [-0.25, -0.2) is 9.78 Å². The zero-order valence-electron chi connectivity index (χ0n) is 13.8. The first kappa shape index (κ1) is 17.3. The summed E-state index contributed by atoms with van der Waals surface area (Å²) in [5, 5.41) is 12.5. The maximum absolute atomic E-state index is 11.8. The Bertz CT molecular complexity index is 947. The number of fused-ring (bicyclic) bond motifs is 3. The van der Waals surface area contributed by atoms with Crippen LogP contribution in [0.15, 0.2) is 35.1 Å². The zero-order chi connectivity index (χ0) is 17.8. The van der Waals surface area contributed by atoms with E-state index in [-0.39, 0.29) is 11.4 Å². The first-order valence-electron chi connectivity index (χ1n) is 8.06. The molecule has 0 aliphatic heterocycles. The molecule has 2 heterocycles. The maximum atomic E-state index is 11.8.